The van der Waals surface area contributed by atoms with Crippen molar-refractivity contribution in [1.29, 1.82) is 0 Å². The van der Waals surface area contributed by atoms with Crippen LogP contribution >= 0.6 is 11.6 Å². The van der Waals surface area contributed by atoms with Crippen molar-refractivity contribution in [2.45, 2.75) is 12.8 Å². The molecule has 1 aliphatic rings. The molecule has 1 saturated carbocycles. The first-order chi connectivity index (χ1) is 7.25. The summed E-state index contributed by atoms with van der Waals surface area (Å²) in [7, 11) is 0. The van der Waals surface area contributed by atoms with E-state index in [9.17, 15) is 4.79 Å². The number of hydrogen-bond acceptors (Lipinski definition) is 3. The van der Waals surface area contributed by atoms with Crippen LogP contribution in [0.2, 0.25) is 5.15 Å². The van der Waals surface area contributed by atoms with Crippen LogP contribution in [0.25, 0.3) is 11.0 Å². The van der Waals surface area contributed by atoms with Crippen molar-refractivity contribution >= 4 is 28.4 Å². The zero-order valence-electron chi connectivity index (χ0n) is 7.87. The number of rotatable bonds is 2. The Morgan fingerprint density at radius 1 is 1.53 bits per heavy atom. The van der Waals surface area contributed by atoms with Crippen molar-refractivity contribution in [3.8, 4) is 0 Å². The highest BCUT2D eigenvalue weighted by Gasteiger charge is 2.32. The van der Waals surface area contributed by atoms with Gasteiger partial charge in [0.05, 0.1) is 5.39 Å². The van der Waals surface area contributed by atoms with Crippen LogP contribution in [0, 0.1) is 5.92 Å². The molecule has 0 amide bonds. The highest BCUT2D eigenvalue weighted by atomic mass is 35.5. The van der Waals surface area contributed by atoms with Gasteiger partial charge in [0.1, 0.15) is 10.7 Å². The molecule has 0 N–H and O–H groups in total. The Hall–Kier alpha value is -1.35. The van der Waals surface area contributed by atoms with Crippen LogP contribution in [-0.4, -0.2) is 10.8 Å². The Bertz CT molecular complexity index is 543. The minimum atomic E-state index is 0.0854. The predicted octanol–water partition coefficient (Wildman–Crippen LogP) is 3.07. The van der Waals surface area contributed by atoms with Crippen molar-refractivity contribution in [2.24, 2.45) is 5.92 Å². The van der Waals surface area contributed by atoms with E-state index in [1.165, 1.54) is 0 Å². The zero-order valence-corrected chi connectivity index (χ0v) is 8.62. The van der Waals surface area contributed by atoms with Gasteiger partial charge in [-0.1, -0.05) is 11.6 Å². The molecule has 0 atom stereocenters. The van der Waals surface area contributed by atoms with Gasteiger partial charge in [-0.25, -0.2) is 4.98 Å². The Kier molecular flexibility index (Phi) is 1.83. The maximum Gasteiger partial charge on any atom is 0.201 e. The third kappa shape index (κ3) is 1.43. The van der Waals surface area contributed by atoms with E-state index in [2.05, 4.69) is 4.98 Å². The van der Waals surface area contributed by atoms with Crippen LogP contribution in [0.1, 0.15) is 23.4 Å². The fourth-order valence-corrected chi connectivity index (χ4v) is 1.80. The molecule has 0 unspecified atom stereocenters. The highest BCUT2D eigenvalue weighted by Crippen LogP contribution is 2.34. The van der Waals surface area contributed by atoms with Gasteiger partial charge in [0.2, 0.25) is 5.78 Å². The van der Waals surface area contributed by atoms with Crippen molar-refractivity contribution in [1.82, 2.24) is 4.98 Å². The summed E-state index contributed by atoms with van der Waals surface area (Å²) in [5.41, 5.74) is 0.624. The van der Waals surface area contributed by atoms with Crippen LogP contribution in [0.4, 0.5) is 0 Å². The standard InChI is InChI=1S/C11H8ClNO2/c12-11-7-5-9(10(14)6-1-2-6)15-8(7)3-4-13-11/h3-6H,1-2H2. The fourth-order valence-electron chi connectivity index (χ4n) is 1.60. The lowest BCUT2D eigenvalue weighted by Crippen LogP contribution is -1.98. The number of ketones is 1. The van der Waals surface area contributed by atoms with Crippen LogP contribution < -0.4 is 0 Å². The Balaban J connectivity index is 2.13. The molecular formula is C11H8ClNO2. The number of halogens is 1. The monoisotopic (exact) mass is 221 g/mol. The van der Waals surface area contributed by atoms with Gasteiger partial charge in [0, 0.05) is 12.1 Å². The summed E-state index contributed by atoms with van der Waals surface area (Å²) < 4.78 is 5.44. The number of aromatic nitrogens is 1. The summed E-state index contributed by atoms with van der Waals surface area (Å²) in [6, 6.07) is 3.40. The fraction of sp³-hybridized carbons (Fsp3) is 0.273. The van der Waals surface area contributed by atoms with Gasteiger partial charge >= 0.3 is 0 Å². The van der Waals surface area contributed by atoms with Crippen LogP contribution in [0.5, 0.6) is 0 Å². The molecule has 1 fully saturated rings. The topological polar surface area (TPSA) is 43.1 Å². The summed E-state index contributed by atoms with van der Waals surface area (Å²) >= 11 is 5.89. The van der Waals surface area contributed by atoms with E-state index in [-0.39, 0.29) is 11.7 Å². The van der Waals surface area contributed by atoms with E-state index in [0.717, 1.165) is 12.8 Å². The zero-order chi connectivity index (χ0) is 10.4. The summed E-state index contributed by atoms with van der Waals surface area (Å²) in [4.78, 5) is 15.7. The number of carbonyl (C=O) groups excluding carboxylic acids is 1. The van der Waals surface area contributed by atoms with E-state index in [4.69, 9.17) is 16.0 Å². The molecule has 0 bridgehead atoms. The minimum Gasteiger partial charge on any atom is -0.453 e. The molecule has 0 spiro atoms. The Labute approximate surface area is 91.0 Å². The average Bonchev–Trinajstić information content (AvgIpc) is 2.97. The quantitative estimate of drug-likeness (QED) is 0.578. The number of hydrogen-bond donors (Lipinski definition) is 0. The summed E-state index contributed by atoms with van der Waals surface area (Å²) in [6.07, 6.45) is 3.52. The lowest BCUT2D eigenvalue weighted by Gasteiger charge is -1.89. The SMILES string of the molecule is O=C(c1cc2c(Cl)nccc2o1)C1CC1. The molecule has 0 radical (unpaired) electrons. The second kappa shape index (κ2) is 3.07. The lowest BCUT2D eigenvalue weighted by atomic mass is 10.2. The Morgan fingerprint density at radius 3 is 3.00 bits per heavy atom. The predicted molar refractivity (Wildman–Crippen MR) is 56.1 cm³/mol. The number of fused-ring (bicyclic) bond motifs is 1. The van der Waals surface area contributed by atoms with Gasteiger partial charge in [-0.15, -0.1) is 0 Å². The molecule has 0 aliphatic heterocycles. The highest BCUT2D eigenvalue weighted by molar-refractivity contribution is 6.34. The third-order valence-electron chi connectivity index (χ3n) is 2.59. The van der Waals surface area contributed by atoms with Gasteiger partial charge in [0.25, 0.3) is 0 Å². The smallest absolute Gasteiger partial charge is 0.201 e. The molecule has 1 aliphatic carbocycles. The van der Waals surface area contributed by atoms with E-state index >= 15 is 0 Å². The average molecular weight is 222 g/mol. The molecule has 2 heterocycles. The molecule has 15 heavy (non-hydrogen) atoms. The molecule has 2 aromatic heterocycles. The summed E-state index contributed by atoms with van der Waals surface area (Å²) in [5.74, 6) is 0.655. The normalized spacial score (nSPS) is 15.8. The molecular weight excluding hydrogens is 214 g/mol. The molecule has 3 nitrogen and oxygen atoms in total. The van der Waals surface area contributed by atoms with Gasteiger partial charge in [-0.2, -0.15) is 0 Å². The molecule has 2 aromatic rings. The third-order valence-corrected chi connectivity index (χ3v) is 2.89. The molecule has 0 saturated heterocycles. The first kappa shape index (κ1) is 8.92. The van der Waals surface area contributed by atoms with E-state index in [1.807, 2.05) is 0 Å². The van der Waals surface area contributed by atoms with E-state index in [0.29, 0.717) is 21.9 Å². The second-order valence-electron chi connectivity index (χ2n) is 3.76. The maximum absolute atomic E-state index is 11.7. The van der Waals surface area contributed by atoms with E-state index < -0.39 is 0 Å². The number of furan rings is 1. The maximum atomic E-state index is 11.7. The lowest BCUT2D eigenvalue weighted by molar-refractivity contribution is 0.0942. The molecule has 3 rings (SSSR count). The van der Waals surface area contributed by atoms with Crippen molar-refractivity contribution in [3.63, 3.8) is 0 Å². The summed E-state index contributed by atoms with van der Waals surface area (Å²) in [5, 5.41) is 1.09. The number of Topliss-reactive ketones (excluding diaryl/α,β-unsaturated/α-hetero) is 1. The largest absolute Gasteiger partial charge is 0.453 e. The number of carbonyl (C=O) groups is 1. The minimum absolute atomic E-state index is 0.0854. The van der Waals surface area contributed by atoms with Crippen molar-refractivity contribution in [2.75, 3.05) is 0 Å². The van der Waals surface area contributed by atoms with Gasteiger partial charge in [-0.3, -0.25) is 4.79 Å². The molecule has 4 heteroatoms. The second-order valence-corrected chi connectivity index (χ2v) is 4.12. The van der Waals surface area contributed by atoms with Gasteiger partial charge in [-0.05, 0) is 25.0 Å². The number of nitrogens with zero attached hydrogens (tertiary/aromatic N) is 1. The van der Waals surface area contributed by atoms with E-state index in [1.54, 1.807) is 18.3 Å². The summed E-state index contributed by atoms with van der Waals surface area (Å²) in [6.45, 7) is 0. The first-order valence-electron chi connectivity index (χ1n) is 4.84. The molecule has 76 valence electrons. The van der Waals surface area contributed by atoms with Gasteiger partial charge in [0.15, 0.2) is 5.76 Å². The van der Waals surface area contributed by atoms with Crippen LogP contribution in [-0.2, 0) is 0 Å². The van der Waals surface area contributed by atoms with Gasteiger partial charge < -0.3 is 4.42 Å². The van der Waals surface area contributed by atoms with Crippen molar-refractivity contribution in [3.05, 3.63) is 29.2 Å². The first-order valence-corrected chi connectivity index (χ1v) is 5.22. The van der Waals surface area contributed by atoms with Crippen LogP contribution in [0.15, 0.2) is 22.7 Å². The number of pyridine rings is 1. The Morgan fingerprint density at radius 2 is 2.33 bits per heavy atom. The molecule has 0 aromatic carbocycles. The van der Waals surface area contributed by atoms with Crippen molar-refractivity contribution < 1.29 is 9.21 Å². The van der Waals surface area contributed by atoms with Crippen LogP contribution in [0.3, 0.4) is 0 Å².